The molecule has 0 aliphatic rings. The molecule has 28 heavy (non-hydrogen) atoms. The molecular weight excluding hydrogens is 380 g/mol. The van der Waals surface area contributed by atoms with Crippen molar-refractivity contribution >= 4 is 29.0 Å². The number of anilines is 2. The molecule has 2 N–H and O–H groups in total. The van der Waals surface area contributed by atoms with Crippen LogP contribution in [0.5, 0.6) is 11.5 Å². The molecule has 7 nitrogen and oxygen atoms in total. The van der Waals surface area contributed by atoms with Crippen LogP contribution in [0.3, 0.4) is 0 Å². The van der Waals surface area contributed by atoms with Gasteiger partial charge in [-0.2, -0.15) is 0 Å². The largest absolute Gasteiger partial charge is 0.497 e. The minimum atomic E-state index is -0.400. The van der Waals surface area contributed by atoms with Crippen LogP contribution < -0.4 is 20.1 Å². The highest BCUT2D eigenvalue weighted by atomic mass is 35.5. The quantitative estimate of drug-likeness (QED) is 0.625. The summed E-state index contributed by atoms with van der Waals surface area (Å²) in [5.41, 5.74) is 1.72. The highest BCUT2D eigenvalue weighted by Crippen LogP contribution is 2.29. The molecule has 0 unspecified atom stereocenters. The number of hydrogen-bond acceptors (Lipinski definition) is 6. The number of hydrogen-bond donors (Lipinski definition) is 2. The summed E-state index contributed by atoms with van der Waals surface area (Å²) in [5.74, 6) is 1.28. The Morgan fingerprint density at radius 3 is 2.43 bits per heavy atom. The minimum absolute atomic E-state index is 0.182. The predicted molar refractivity (Wildman–Crippen MR) is 108 cm³/mol. The molecule has 2 aromatic carbocycles. The van der Waals surface area contributed by atoms with Gasteiger partial charge in [0.15, 0.2) is 5.69 Å². The number of carbonyl (C=O) groups excluding carboxylic acids is 1. The van der Waals surface area contributed by atoms with Crippen molar-refractivity contribution in [1.29, 1.82) is 0 Å². The lowest BCUT2D eigenvalue weighted by molar-refractivity contribution is 0.102. The van der Waals surface area contributed by atoms with Crippen LogP contribution in [0.2, 0.25) is 5.02 Å². The van der Waals surface area contributed by atoms with Crippen LogP contribution in [0.4, 0.5) is 11.5 Å². The van der Waals surface area contributed by atoms with E-state index in [-0.39, 0.29) is 5.69 Å². The van der Waals surface area contributed by atoms with E-state index in [4.69, 9.17) is 21.1 Å². The van der Waals surface area contributed by atoms with Gasteiger partial charge in [-0.3, -0.25) is 4.79 Å². The van der Waals surface area contributed by atoms with Gasteiger partial charge < -0.3 is 20.1 Å². The van der Waals surface area contributed by atoms with Crippen LogP contribution in [0, 0.1) is 0 Å². The summed E-state index contributed by atoms with van der Waals surface area (Å²) < 4.78 is 10.4. The summed E-state index contributed by atoms with van der Waals surface area (Å²) >= 11 is 5.87. The maximum absolute atomic E-state index is 12.5. The van der Waals surface area contributed by atoms with Crippen molar-refractivity contribution in [2.24, 2.45) is 0 Å². The first kappa shape index (κ1) is 19.4. The van der Waals surface area contributed by atoms with Gasteiger partial charge in [-0.25, -0.2) is 0 Å². The molecule has 0 bridgehead atoms. The van der Waals surface area contributed by atoms with Gasteiger partial charge in [0.05, 0.1) is 19.9 Å². The molecule has 0 fully saturated rings. The Kier molecular flexibility index (Phi) is 6.29. The fourth-order valence-corrected chi connectivity index (χ4v) is 2.57. The number of nitrogens with one attached hydrogen (secondary N) is 2. The van der Waals surface area contributed by atoms with Crippen molar-refractivity contribution < 1.29 is 14.3 Å². The van der Waals surface area contributed by atoms with Gasteiger partial charge in [-0.05, 0) is 42.0 Å². The average molecular weight is 399 g/mol. The highest BCUT2D eigenvalue weighted by molar-refractivity contribution is 6.30. The van der Waals surface area contributed by atoms with E-state index in [1.54, 1.807) is 37.4 Å². The fourth-order valence-electron chi connectivity index (χ4n) is 2.44. The summed E-state index contributed by atoms with van der Waals surface area (Å²) in [6.07, 6.45) is 0. The van der Waals surface area contributed by atoms with Crippen LogP contribution in [0.1, 0.15) is 16.1 Å². The minimum Gasteiger partial charge on any atom is -0.497 e. The SMILES string of the molecule is COc1ccc(OC)c(NC(=O)c2ccc(NCc3ccc(Cl)cc3)nn2)c1. The summed E-state index contributed by atoms with van der Waals surface area (Å²) in [6, 6.07) is 15.9. The van der Waals surface area contributed by atoms with Gasteiger partial charge in [0.25, 0.3) is 5.91 Å². The summed E-state index contributed by atoms with van der Waals surface area (Å²) in [6.45, 7) is 0.568. The molecule has 0 atom stereocenters. The summed E-state index contributed by atoms with van der Waals surface area (Å²) in [4.78, 5) is 12.5. The third-order valence-electron chi connectivity index (χ3n) is 3.94. The van der Waals surface area contributed by atoms with E-state index >= 15 is 0 Å². The second kappa shape index (κ2) is 9.05. The number of ether oxygens (including phenoxy) is 2. The first-order valence-electron chi connectivity index (χ1n) is 8.44. The number of carbonyl (C=O) groups is 1. The van der Waals surface area contributed by atoms with E-state index in [1.807, 2.05) is 24.3 Å². The normalized spacial score (nSPS) is 10.2. The number of rotatable bonds is 7. The number of nitrogens with zero attached hydrogens (tertiary/aromatic N) is 2. The van der Waals surface area contributed by atoms with E-state index in [0.717, 1.165) is 5.56 Å². The van der Waals surface area contributed by atoms with Crippen LogP contribution in [0.25, 0.3) is 0 Å². The first-order chi connectivity index (χ1) is 13.6. The van der Waals surface area contributed by atoms with Crippen molar-refractivity contribution in [3.05, 3.63) is 70.9 Å². The standard InChI is InChI=1S/C20H19ClN4O3/c1-27-15-7-9-18(28-2)17(11-15)23-20(26)16-8-10-19(25-24-16)22-12-13-3-5-14(21)6-4-13/h3-11H,12H2,1-2H3,(H,22,25)(H,23,26). The Labute approximate surface area is 167 Å². The lowest BCUT2D eigenvalue weighted by Crippen LogP contribution is -2.15. The van der Waals surface area contributed by atoms with Crippen molar-refractivity contribution in [3.8, 4) is 11.5 Å². The Hall–Kier alpha value is -3.32. The Morgan fingerprint density at radius 2 is 1.79 bits per heavy atom. The molecule has 0 saturated heterocycles. The maximum atomic E-state index is 12.5. The van der Waals surface area contributed by atoms with Crippen molar-refractivity contribution in [2.45, 2.75) is 6.54 Å². The third kappa shape index (κ3) is 4.89. The predicted octanol–water partition coefficient (Wildman–Crippen LogP) is 4.01. The van der Waals surface area contributed by atoms with Gasteiger partial charge in [-0.15, -0.1) is 10.2 Å². The van der Waals surface area contributed by atoms with E-state index in [0.29, 0.717) is 34.6 Å². The summed E-state index contributed by atoms with van der Waals surface area (Å²) in [5, 5.41) is 14.6. The molecule has 0 aliphatic carbocycles. The van der Waals surface area contributed by atoms with Gasteiger partial charge in [0, 0.05) is 17.6 Å². The average Bonchev–Trinajstić information content (AvgIpc) is 2.73. The lowest BCUT2D eigenvalue weighted by atomic mass is 10.2. The number of amides is 1. The molecule has 8 heteroatoms. The third-order valence-corrected chi connectivity index (χ3v) is 4.19. The summed E-state index contributed by atoms with van der Waals surface area (Å²) in [7, 11) is 3.08. The Balaban J connectivity index is 1.64. The van der Waals surface area contributed by atoms with Crippen LogP contribution in [-0.2, 0) is 6.54 Å². The molecular formula is C20H19ClN4O3. The molecule has 0 saturated carbocycles. The zero-order chi connectivity index (χ0) is 19.9. The molecule has 3 aromatic rings. The number of halogens is 1. The number of benzene rings is 2. The van der Waals surface area contributed by atoms with E-state index in [2.05, 4.69) is 20.8 Å². The molecule has 0 spiro atoms. The van der Waals surface area contributed by atoms with Gasteiger partial charge in [0.1, 0.15) is 17.3 Å². The van der Waals surface area contributed by atoms with Gasteiger partial charge in [-0.1, -0.05) is 23.7 Å². The van der Waals surface area contributed by atoms with E-state index in [1.165, 1.54) is 7.11 Å². The molecule has 1 heterocycles. The Morgan fingerprint density at radius 1 is 1.00 bits per heavy atom. The van der Waals surface area contributed by atoms with Crippen LogP contribution >= 0.6 is 11.6 Å². The highest BCUT2D eigenvalue weighted by Gasteiger charge is 2.13. The molecule has 1 amide bonds. The molecule has 3 rings (SSSR count). The molecule has 0 radical (unpaired) electrons. The fraction of sp³-hybridized carbons (Fsp3) is 0.150. The van der Waals surface area contributed by atoms with Crippen molar-refractivity contribution in [1.82, 2.24) is 10.2 Å². The smallest absolute Gasteiger partial charge is 0.276 e. The zero-order valence-electron chi connectivity index (χ0n) is 15.4. The zero-order valence-corrected chi connectivity index (χ0v) is 16.2. The molecule has 1 aromatic heterocycles. The number of aromatic nitrogens is 2. The maximum Gasteiger partial charge on any atom is 0.276 e. The topological polar surface area (TPSA) is 85.4 Å². The van der Waals surface area contributed by atoms with Crippen molar-refractivity contribution in [3.63, 3.8) is 0 Å². The van der Waals surface area contributed by atoms with E-state index < -0.39 is 5.91 Å². The lowest BCUT2D eigenvalue weighted by Gasteiger charge is -2.11. The first-order valence-corrected chi connectivity index (χ1v) is 8.82. The number of methoxy groups -OCH3 is 2. The monoisotopic (exact) mass is 398 g/mol. The Bertz CT molecular complexity index is 947. The second-order valence-electron chi connectivity index (χ2n) is 5.80. The van der Waals surface area contributed by atoms with Gasteiger partial charge >= 0.3 is 0 Å². The van der Waals surface area contributed by atoms with Crippen LogP contribution in [0.15, 0.2) is 54.6 Å². The molecule has 0 aliphatic heterocycles. The molecule has 144 valence electrons. The van der Waals surface area contributed by atoms with Crippen LogP contribution in [-0.4, -0.2) is 30.3 Å². The van der Waals surface area contributed by atoms with Gasteiger partial charge in [0.2, 0.25) is 0 Å². The van der Waals surface area contributed by atoms with Crippen molar-refractivity contribution in [2.75, 3.05) is 24.9 Å². The van der Waals surface area contributed by atoms with E-state index in [9.17, 15) is 4.79 Å². The second-order valence-corrected chi connectivity index (χ2v) is 6.24.